The molecule has 29 heavy (non-hydrogen) atoms. The highest BCUT2D eigenvalue weighted by atomic mass is 35.5. The molecular formula is C22H15Cl2FO4. The summed E-state index contributed by atoms with van der Waals surface area (Å²) < 4.78 is 18.0. The summed E-state index contributed by atoms with van der Waals surface area (Å²) in [7, 11) is 0. The fourth-order valence-corrected chi connectivity index (χ4v) is 3.32. The van der Waals surface area contributed by atoms with Crippen molar-refractivity contribution in [1.29, 1.82) is 0 Å². The van der Waals surface area contributed by atoms with Gasteiger partial charge in [-0.1, -0.05) is 53.5 Å². The molecule has 0 aliphatic carbocycles. The SMILES string of the molecule is CCOC(=O)c1cc(-c2ccccc2Cl)c(C(=O)OF)cc1-c1ccc(Cl)cc1. The first-order valence-corrected chi connectivity index (χ1v) is 9.40. The molecule has 0 aliphatic heterocycles. The average Bonchev–Trinajstić information content (AvgIpc) is 2.73. The van der Waals surface area contributed by atoms with Crippen LogP contribution in [0.15, 0.2) is 60.7 Å². The Morgan fingerprint density at radius 2 is 1.48 bits per heavy atom. The lowest BCUT2D eigenvalue weighted by molar-refractivity contribution is -0.0787. The van der Waals surface area contributed by atoms with Gasteiger partial charge in [-0.2, -0.15) is 0 Å². The van der Waals surface area contributed by atoms with Gasteiger partial charge in [0.1, 0.15) is 0 Å². The lowest BCUT2D eigenvalue weighted by atomic mass is 9.90. The van der Waals surface area contributed by atoms with Gasteiger partial charge in [0, 0.05) is 20.1 Å². The van der Waals surface area contributed by atoms with Crippen molar-refractivity contribution in [2.75, 3.05) is 6.61 Å². The zero-order valence-electron chi connectivity index (χ0n) is 15.2. The lowest BCUT2D eigenvalue weighted by Gasteiger charge is -2.15. The summed E-state index contributed by atoms with van der Waals surface area (Å²) in [6.45, 7) is 1.85. The Balaban J connectivity index is 2.33. The maximum Gasteiger partial charge on any atom is 0.380 e. The molecule has 0 unspecified atom stereocenters. The Labute approximate surface area is 176 Å². The van der Waals surface area contributed by atoms with Crippen LogP contribution in [-0.4, -0.2) is 18.5 Å². The predicted molar refractivity (Wildman–Crippen MR) is 110 cm³/mol. The number of carbonyl (C=O) groups is 2. The molecular weight excluding hydrogens is 418 g/mol. The number of halogens is 3. The van der Waals surface area contributed by atoms with E-state index in [1.165, 1.54) is 12.1 Å². The highest BCUT2D eigenvalue weighted by Gasteiger charge is 2.24. The normalized spacial score (nSPS) is 10.5. The third-order valence-electron chi connectivity index (χ3n) is 4.26. The second-order valence-electron chi connectivity index (χ2n) is 6.02. The van der Waals surface area contributed by atoms with Crippen LogP contribution in [0.3, 0.4) is 0 Å². The summed E-state index contributed by atoms with van der Waals surface area (Å²) in [4.78, 5) is 28.3. The molecule has 0 aliphatic rings. The minimum absolute atomic E-state index is 0.0846. The number of benzene rings is 3. The summed E-state index contributed by atoms with van der Waals surface area (Å²) in [5, 5.41) is 0.831. The van der Waals surface area contributed by atoms with Gasteiger partial charge in [-0.3, -0.25) is 0 Å². The molecule has 0 saturated heterocycles. The highest BCUT2D eigenvalue weighted by molar-refractivity contribution is 6.33. The van der Waals surface area contributed by atoms with Crippen molar-refractivity contribution >= 4 is 35.1 Å². The van der Waals surface area contributed by atoms with Crippen LogP contribution < -0.4 is 0 Å². The van der Waals surface area contributed by atoms with Gasteiger partial charge in [0.05, 0.1) is 17.7 Å². The van der Waals surface area contributed by atoms with E-state index in [2.05, 4.69) is 4.94 Å². The van der Waals surface area contributed by atoms with Crippen molar-refractivity contribution in [2.45, 2.75) is 6.92 Å². The van der Waals surface area contributed by atoms with Crippen molar-refractivity contribution < 1.29 is 23.8 Å². The molecule has 0 amide bonds. The van der Waals surface area contributed by atoms with Crippen LogP contribution in [-0.2, 0) is 9.68 Å². The largest absolute Gasteiger partial charge is 0.462 e. The second-order valence-corrected chi connectivity index (χ2v) is 6.86. The molecule has 7 heteroatoms. The Kier molecular flexibility index (Phi) is 6.52. The van der Waals surface area contributed by atoms with Gasteiger partial charge in [0.25, 0.3) is 0 Å². The van der Waals surface area contributed by atoms with Gasteiger partial charge in [-0.25, -0.2) is 14.5 Å². The van der Waals surface area contributed by atoms with E-state index in [4.69, 9.17) is 27.9 Å². The lowest BCUT2D eigenvalue weighted by Crippen LogP contribution is -2.10. The average molecular weight is 433 g/mol. The number of carbonyl (C=O) groups excluding carboxylic acids is 2. The molecule has 0 aromatic heterocycles. The van der Waals surface area contributed by atoms with Crippen molar-refractivity contribution in [1.82, 2.24) is 0 Å². The van der Waals surface area contributed by atoms with E-state index < -0.39 is 11.9 Å². The van der Waals surface area contributed by atoms with Crippen molar-refractivity contribution in [3.8, 4) is 22.3 Å². The summed E-state index contributed by atoms with van der Waals surface area (Å²) in [5.74, 6) is -1.79. The van der Waals surface area contributed by atoms with Crippen molar-refractivity contribution in [2.24, 2.45) is 0 Å². The van der Waals surface area contributed by atoms with Crippen LogP contribution >= 0.6 is 23.2 Å². The first kappa shape index (κ1) is 20.8. The number of hydrogen-bond donors (Lipinski definition) is 0. The molecule has 3 aromatic rings. The molecule has 0 atom stereocenters. The predicted octanol–water partition coefficient (Wildman–Crippen LogP) is 6.55. The molecule has 0 bridgehead atoms. The zero-order valence-corrected chi connectivity index (χ0v) is 16.8. The zero-order chi connectivity index (χ0) is 21.0. The van der Waals surface area contributed by atoms with E-state index in [0.29, 0.717) is 26.7 Å². The minimum Gasteiger partial charge on any atom is -0.462 e. The van der Waals surface area contributed by atoms with Gasteiger partial charge in [-0.15, -0.1) is 0 Å². The molecule has 0 fully saturated rings. The molecule has 148 valence electrons. The van der Waals surface area contributed by atoms with E-state index >= 15 is 0 Å². The molecule has 0 spiro atoms. The molecule has 0 saturated carbocycles. The minimum atomic E-state index is -1.20. The van der Waals surface area contributed by atoms with Crippen LogP contribution in [0, 0.1) is 0 Å². The number of hydrogen-bond acceptors (Lipinski definition) is 4. The van der Waals surface area contributed by atoms with Crippen LogP contribution in [0.25, 0.3) is 22.3 Å². The van der Waals surface area contributed by atoms with Crippen molar-refractivity contribution in [3.05, 3.63) is 81.8 Å². The van der Waals surface area contributed by atoms with E-state index in [1.54, 1.807) is 55.5 Å². The highest BCUT2D eigenvalue weighted by Crippen LogP contribution is 2.36. The molecule has 0 radical (unpaired) electrons. The number of ether oxygens (including phenoxy) is 1. The van der Waals surface area contributed by atoms with E-state index in [1.807, 2.05) is 0 Å². The quantitative estimate of drug-likeness (QED) is 0.429. The Bertz CT molecular complexity index is 1060. The van der Waals surface area contributed by atoms with Gasteiger partial charge < -0.3 is 4.74 Å². The Morgan fingerprint density at radius 3 is 2.10 bits per heavy atom. The van der Waals surface area contributed by atoms with Crippen LogP contribution in [0.1, 0.15) is 27.6 Å². The van der Waals surface area contributed by atoms with Gasteiger partial charge in [-0.05, 0) is 53.9 Å². The summed E-state index contributed by atoms with van der Waals surface area (Å²) in [6.07, 6.45) is 0. The van der Waals surface area contributed by atoms with Crippen LogP contribution in [0.5, 0.6) is 0 Å². The monoisotopic (exact) mass is 432 g/mol. The standard InChI is InChI=1S/C22H15Cl2FO4/c1-2-28-21(26)18-12-17(15-5-3-4-6-20(15)24)19(22(27)29-25)11-16(18)13-7-9-14(23)10-8-13/h3-12H,2H2,1H3. The van der Waals surface area contributed by atoms with Crippen molar-refractivity contribution in [3.63, 3.8) is 0 Å². The van der Waals surface area contributed by atoms with Gasteiger partial charge >= 0.3 is 11.9 Å². The Hall–Kier alpha value is -2.89. The van der Waals surface area contributed by atoms with Crippen LogP contribution in [0.2, 0.25) is 10.0 Å². The molecule has 3 rings (SSSR count). The number of esters is 1. The van der Waals surface area contributed by atoms with E-state index in [9.17, 15) is 14.1 Å². The Morgan fingerprint density at radius 1 is 0.862 bits per heavy atom. The topological polar surface area (TPSA) is 52.6 Å². The maximum absolute atomic E-state index is 12.8. The fourth-order valence-electron chi connectivity index (χ4n) is 2.96. The molecule has 4 nitrogen and oxygen atoms in total. The van der Waals surface area contributed by atoms with E-state index in [0.717, 1.165) is 0 Å². The third kappa shape index (κ3) is 4.42. The smallest absolute Gasteiger partial charge is 0.380 e. The van der Waals surface area contributed by atoms with Gasteiger partial charge in [0.2, 0.25) is 0 Å². The van der Waals surface area contributed by atoms with Crippen LogP contribution in [0.4, 0.5) is 4.53 Å². The summed E-state index contributed by atoms with van der Waals surface area (Å²) in [5.41, 5.74) is 1.77. The first-order chi connectivity index (χ1) is 14.0. The maximum atomic E-state index is 12.8. The van der Waals surface area contributed by atoms with E-state index in [-0.39, 0.29) is 23.3 Å². The first-order valence-electron chi connectivity index (χ1n) is 8.65. The van der Waals surface area contributed by atoms with Gasteiger partial charge in [0.15, 0.2) is 0 Å². The fraction of sp³-hybridized carbons (Fsp3) is 0.0909. The third-order valence-corrected chi connectivity index (χ3v) is 4.84. The molecule has 3 aromatic carbocycles. The molecule has 0 N–H and O–H groups in total. The molecule has 0 heterocycles. The number of rotatable bonds is 5. The summed E-state index contributed by atoms with van der Waals surface area (Å²) >= 11 is 12.2. The second kappa shape index (κ2) is 9.07. The summed E-state index contributed by atoms with van der Waals surface area (Å²) in [6, 6.07) is 16.2.